The highest BCUT2D eigenvalue weighted by Gasteiger charge is 2.46. The summed E-state index contributed by atoms with van der Waals surface area (Å²) in [5, 5.41) is 0. The van der Waals surface area contributed by atoms with Gasteiger partial charge in [0.2, 0.25) is 0 Å². The first-order valence-corrected chi connectivity index (χ1v) is 7.65. The first-order chi connectivity index (χ1) is 10.1. The minimum atomic E-state index is -0.129. The lowest BCUT2D eigenvalue weighted by molar-refractivity contribution is -0.141. The van der Waals surface area contributed by atoms with Gasteiger partial charge in [-0.1, -0.05) is 24.3 Å². The number of hydrogen-bond donors (Lipinski definition) is 0. The Bertz CT molecular complexity index is 537. The van der Waals surface area contributed by atoms with Crippen molar-refractivity contribution in [2.45, 2.75) is 13.0 Å². The fraction of sp³-hybridized carbons (Fsp3) is 0.588. The average Bonchev–Trinajstić information content (AvgIpc) is 2.95. The van der Waals surface area contributed by atoms with Crippen LogP contribution in [0.25, 0.3) is 0 Å². The summed E-state index contributed by atoms with van der Waals surface area (Å²) in [6.07, 6.45) is 0. The Morgan fingerprint density at radius 1 is 1.27 bits per heavy atom. The number of carbonyl (C=O) groups excluding carboxylic acids is 1. The number of carbonyl (C=O) groups is 1. The number of esters is 1. The molecule has 0 aromatic heterocycles. The van der Waals surface area contributed by atoms with Crippen molar-refractivity contribution in [3.63, 3.8) is 0 Å². The molecule has 0 amide bonds. The summed E-state index contributed by atoms with van der Waals surface area (Å²) in [4.78, 5) is 16.2. The first kappa shape index (κ1) is 17.3. The first-order valence-electron chi connectivity index (χ1n) is 7.65. The van der Waals surface area contributed by atoms with Gasteiger partial charge in [0.05, 0.1) is 13.7 Å². The minimum Gasteiger partial charge on any atom is -0.468 e. The maximum absolute atomic E-state index is 11.5. The normalized spacial score (nSPS) is 28.2. The van der Waals surface area contributed by atoms with E-state index < -0.39 is 0 Å². The fourth-order valence-electron chi connectivity index (χ4n) is 4.11. The maximum Gasteiger partial charge on any atom is 0.319 e. The van der Waals surface area contributed by atoms with Crippen LogP contribution in [0.2, 0.25) is 0 Å². The van der Waals surface area contributed by atoms with Crippen LogP contribution in [0.15, 0.2) is 24.3 Å². The number of hydrogen-bond acceptors (Lipinski definition) is 4. The van der Waals surface area contributed by atoms with E-state index in [-0.39, 0.29) is 18.4 Å². The molecule has 5 heteroatoms. The smallest absolute Gasteiger partial charge is 0.319 e. The minimum absolute atomic E-state index is 0. The highest BCUT2D eigenvalue weighted by Crippen LogP contribution is 2.44. The van der Waals surface area contributed by atoms with Gasteiger partial charge in [-0.25, -0.2) is 0 Å². The highest BCUT2D eigenvalue weighted by atomic mass is 35.5. The van der Waals surface area contributed by atoms with E-state index >= 15 is 0 Å². The molecular formula is C17H25ClN2O2. The Kier molecular flexibility index (Phi) is 5.48. The number of aryl methyl sites for hydroxylation is 1. The van der Waals surface area contributed by atoms with Crippen molar-refractivity contribution >= 4 is 18.4 Å². The van der Waals surface area contributed by atoms with Gasteiger partial charge in [-0.3, -0.25) is 14.6 Å². The SMILES string of the molecule is COC(=O)CN1C[C@@H]2CN(C)[C@@H](c3ccccc3C)[C@@H]2C1.Cl. The molecule has 2 saturated heterocycles. The van der Waals surface area contributed by atoms with Gasteiger partial charge in [-0.05, 0) is 36.9 Å². The van der Waals surface area contributed by atoms with Gasteiger partial charge in [-0.2, -0.15) is 0 Å². The largest absolute Gasteiger partial charge is 0.468 e. The van der Waals surface area contributed by atoms with E-state index in [4.69, 9.17) is 4.74 Å². The molecule has 2 heterocycles. The Morgan fingerprint density at radius 3 is 2.68 bits per heavy atom. The molecular weight excluding hydrogens is 300 g/mol. The molecule has 3 rings (SSSR count). The number of fused-ring (bicyclic) bond motifs is 1. The lowest BCUT2D eigenvalue weighted by Gasteiger charge is -2.27. The van der Waals surface area contributed by atoms with Crippen molar-refractivity contribution in [3.8, 4) is 0 Å². The van der Waals surface area contributed by atoms with Crippen molar-refractivity contribution in [2.75, 3.05) is 40.3 Å². The number of nitrogens with zero attached hydrogens (tertiary/aromatic N) is 2. The summed E-state index contributed by atoms with van der Waals surface area (Å²) in [7, 11) is 3.68. The van der Waals surface area contributed by atoms with Crippen LogP contribution in [0, 0.1) is 18.8 Å². The number of rotatable bonds is 3. The van der Waals surface area contributed by atoms with Gasteiger partial charge in [0.15, 0.2) is 0 Å². The van der Waals surface area contributed by atoms with E-state index in [0.29, 0.717) is 24.4 Å². The molecule has 2 aliphatic heterocycles. The van der Waals surface area contributed by atoms with E-state index in [1.54, 1.807) is 0 Å². The van der Waals surface area contributed by atoms with Gasteiger partial charge in [-0.15, -0.1) is 12.4 Å². The highest BCUT2D eigenvalue weighted by molar-refractivity contribution is 5.85. The van der Waals surface area contributed by atoms with E-state index in [1.165, 1.54) is 18.2 Å². The molecule has 3 atom stereocenters. The average molecular weight is 325 g/mol. The van der Waals surface area contributed by atoms with Crippen LogP contribution in [-0.2, 0) is 9.53 Å². The second-order valence-electron chi connectivity index (χ2n) is 6.44. The third-order valence-electron chi connectivity index (χ3n) is 5.06. The Morgan fingerprint density at radius 2 is 2.00 bits per heavy atom. The van der Waals surface area contributed by atoms with Crippen LogP contribution in [0.1, 0.15) is 17.2 Å². The van der Waals surface area contributed by atoms with Gasteiger partial charge >= 0.3 is 5.97 Å². The van der Waals surface area contributed by atoms with E-state index in [1.807, 2.05) is 0 Å². The Hall–Kier alpha value is -1.10. The fourth-order valence-corrected chi connectivity index (χ4v) is 4.11. The molecule has 0 unspecified atom stereocenters. The topological polar surface area (TPSA) is 32.8 Å². The Balaban J connectivity index is 0.00000176. The molecule has 2 aliphatic rings. The number of methoxy groups -OCH3 is 1. The zero-order chi connectivity index (χ0) is 15.0. The monoisotopic (exact) mass is 324 g/mol. The van der Waals surface area contributed by atoms with Crippen molar-refractivity contribution < 1.29 is 9.53 Å². The third-order valence-corrected chi connectivity index (χ3v) is 5.06. The molecule has 0 aliphatic carbocycles. The number of ether oxygens (including phenoxy) is 1. The Labute approximate surface area is 138 Å². The van der Waals surface area contributed by atoms with Crippen LogP contribution in [-0.4, -0.2) is 56.1 Å². The van der Waals surface area contributed by atoms with Crippen molar-refractivity contribution in [3.05, 3.63) is 35.4 Å². The van der Waals surface area contributed by atoms with E-state index in [0.717, 1.165) is 19.6 Å². The summed E-state index contributed by atoms with van der Waals surface area (Å²) in [6, 6.07) is 9.15. The summed E-state index contributed by atoms with van der Waals surface area (Å²) >= 11 is 0. The van der Waals surface area contributed by atoms with Gasteiger partial charge in [0.25, 0.3) is 0 Å². The van der Waals surface area contributed by atoms with Crippen LogP contribution in [0.4, 0.5) is 0 Å². The molecule has 1 aromatic rings. The standard InChI is InChI=1S/C17H24N2O2.ClH/c1-12-6-4-5-7-14(12)17-15-10-19(11-16(20)21-3)9-13(15)8-18(17)2;/h4-7,13,15,17H,8-11H2,1-3H3;1H/t13-,15+,17-;/m0./s1. The molecule has 0 N–H and O–H groups in total. The maximum atomic E-state index is 11.5. The predicted octanol–water partition coefficient (Wildman–Crippen LogP) is 2.12. The van der Waals surface area contributed by atoms with Gasteiger partial charge in [0, 0.05) is 25.7 Å². The molecule has 1 aromatic carbocycles. The predicted molar refractivity (Wildman–Crippen MR) is 89.2 cm³/mol. The molecule has 122 valence electrons. The van der Waals surface area contributed by atoms with Crippen LogP contribution in [0.3, 0.4) is 0 Å². The molecule has 0 saturated carbocycles. The second kappa shape index (κ2) is 6.99. The van der Waals surface area contributed by atoms with Crippen molar-refractivity contribution in [1.29, 1.82) is 0 Å². The van der Waals surface area contributed by atoms with Gasteiger partial charge < -0.3 is 4.74 Å². The number of benzene rings is 1. The van der Waals surface area contributed by atoms with Crippen molar-refractivity contribution in [1.82, 2.24) is 9.80 Å². The summed E-state index contributed by atoms with van der Waals surface area (Å²) in [5.74, 6) is 1.14. The molecule has 22 heavy (non-hydrogen) atoms. The third kappa shape index (κ3) is 3.14. The molecule has 2 fully saturated rings. The molecule has 0 bridgehead atoms. The quantitative estimate of drug-likeness (QED) is 0.797. The van der Waals surface area contributed by atoms with E-state index in [2.05, 4.69) is 48.0 Å². The molecule has 4 nitrogen and oxygen atoms in total. The van der Waals surface area contributed by atoms with E-state index in [9.17, 15) is 4.79 Å². The number of halogens is 1. The van der Waals surface area contributed by atoms with Crippen molar-refractivity contribution in [2.24, 2.45) is 11.8 Å². The lowest BCUT2D eigenvalue weighted by atomic mass is 9.88. The molecule has 0 spiro atoms. The van der Waals surface area contributed by atoms with Crippen LogP contribution < -0.4 is 0 Å². The van der Waals surface area contributed by atoms with Crippen LogP contribution in [0.5, 0.6) is 0 Å². The summed E-state index contributed by atoms with van der Waals surface area (Å²) in [5.41, 5.74) is 2.80. The summed E-state index contributed by atoms with van der Waals surface area (Å²) < 4.78 is 4.79. The molecule has 0 radical (unpaired) electrons. The zero-order valence-electron chi connectivity index (χ0n) is 13.5. The van der Waals surface area contributed by atoms with Crippen LogP contribution >= 0.6 is 12.4 Å². The lowest BCUT2D eigenvalue weighted by Crippen LogP contribution is -2.33. The second-order valence-corrected chi connectivity index (χ2v) is 6.44. The number of likely N-dealkylation sites (tertiary alicyclic amines) is 2. The van der Waals surface area contributed by atoms with Gasteiger partial charge in [0.1, 0.15) is 0 Å². The summed E-state index contributed by atoms with van der Waals surface area (Å²) in [6.45, 7) is 5.72. The zero-order valence-corrected chi connectivity index (χ0v) is 14.3.